The molecule has 18 heavy (non-hydrogen) atoms. The summed E-state index contributed by atoms with van der Waals surface area (Å²) in [5.41, 5.74) is 0.247. The number of halogens is 3. The third-order valence-corrected chi connectivity index (χ3v) is 4.59. The van der Waals surface area contributed by atoms with Crippen LogP contribution in [0.15, 0.2) is 16.6 Å². The number of hydrogen-bond acceptors (Lipinski definition) is 1. The smallest absolute Gasteiger partial charge is 0.143 e. The molecule has 0 amide bonds. The maximum atomic E-state index is 14.1. The molecule has 3 atom stereocenters. The van der Waals surface area contributed by atoms with E-state index in [1.165, 1.54) is 12.1 Å². The zero-order valence-corrected chi connectivity index (χ0v) is 12.2. The van der Waals surface area contributed by atoms with Crippen molar-refractivity contribution < 1.29 is 8.78 Å². The van der Waals surface area contributed by atoms with Gasteiger partial charge in [0.15, 0.2) is 0 Å². The molecule has 100 valence electrons. The minimum atomic E-state index is -0.441. The molecule has 1 aliphatic carbocycles. The Morgan fingerprint density at radius 2 is 2.06 bits per heavy atom. The summed E-state index contributed by atoms with van der Waals surface area (Å²) in [5, 5.41) is 3.39. The predicted molar refractivity (Wildman–Crippen MR) is 72.7 cm³/mol. The van der Waals surface area contributed by atoms with E-state index < -0.39 is 11.6 Å². The van der Waals surface area contributed by atoms with E-state index in [9.17, 15) is 8.78 Å². The lowest BCUT2D eigenvalue weighted by Crippen LogP contribution is -2.32. The fraction of sp³-hybridized carbons (Fsp3) is 0.571. The van der Waals surface area contributed by atoms with Crippen molar-refractivity contribution in [2.75, 3.05) is 6.54 Å². The number of nitrogens with one attached hydrogen (secondary N) is 1. The lowest BCUT2D eigenvalue weighted by Gasteiger charge is -2.22. The van der Waals surface area contributed by atoms with Crippen molar-refractivity contribution in [3.8, 4) is 0 Å². The van der Waals surface area contributed by atoms with Crippen molar-refractivity contribution in [2.45, 2.75) is 38.6 Å². The van der Waals surface area contributed by atoms with E-state index in [0.717, 1.165) is 19.4 Å². The van der Waals surface area contributed by atoms with Crippen LogP contribution in [0.2, 0.25) is 0 Å². The lowest BCUT2D eigenvalue weighted by atomic mass is 9.88. The number of benzene rings is 1. The van der Waals surface area contributed by atoms with Crippen molar-refractivity contribution in [3.05, 3.63) is 33.8 Å². The van der Waals surface area contributed by atoms with E-state index in [4.69, 9.17) is 0 Å². The highest BCUT2D eigenvalue weighted by atomic mass is 79.9. The number of rotatable bonds is 3. The van der Waals surface area contributed by atoms with Crippen LogP contribution >= 0.6 is 15.9 Å². The second kappa shape index (κ2) is 5.66. The molecule has 4 heteroatoms. The van der Waals surface area contributed by atoms with Crippen LogP contribution < -0.4 is 5.32 Å². The Kier molecular flexibility index (Phi) is 4.38. The third kappa shape index (κ3) is 2.45. The van der Waals surface area contributed by atoms with E-state index in [1.807, 2.05) is 0 Å². The van der Waals surface area contributed by atoms with Crippen LogP contribution in [-0.4, -0.2) is 12.6 Å². The SMILES string of the molecule is CCNC1CCC(c2c(F)ccc(Br)c2F)C1C. The van der Waals surface area contributed by atoms with Gasteiger partial charge in [0.05, 0.1) is 4.47 Å². The van der Waals surface area contributed by atoms with E-state index >= 15 is 0 Å². The van der Waals surface area contributed by atoms with E-state index in [1.54, 1.807) is 0 Å². The Balaban J connectivity index is 2.31. The summed E-state index contributed by atoms with van der Waals surface area (Å²) in [6, 6.07) is 3.13. The van der Waals surface area contributed by atoms with Gasteiger partial charge >= 0.3 is 0 Å². The van der Waals surface area contributed by atoms with Gasteiger partial charge in [-0.25, -0.2) is 8.78 Å². The van der Waals surface area contributed by atoms with Crippen LogP contribution in [0.25, 0.3) is 0 Å². The molecule has 0 bridgehead atoms. The van der Waals surface area contributed by atoms with Crippen molar-refractivity contribution >= 4 is 15.9 Å². The molecule has 0 aliphatic heterocycles. The first kappa shape index (κ1) is 13.9. The van der Waals surface area contributed by atoms with Crippen LogP contribution in [0, 0.1) is 17.6 Å². The first-order valence-corrected chi connectivity index (χ1v) is 7.22. The molecule has 0 saturated heterocycles. The van der Waals surface area contributed by atoms with E-state index in [2.05, 4.69) is 35.1 Å². The summed E-state index contributed by atoms with van der Waals surface area (Å²) in [7, 11) is 0. The Morgan fingerprint density at radius 3 is 2.72 bits per heavy atom. The Bertz CT molecular complexity index is 436. The number of hydrogen-bond donors (Lipinski definition) is 1. The molecular formula is C14H18BrF2N. The highest BCUT2D eigenvalue weighted by molar-refractivity contribution is 9.10. The maximum Gasteiger partial charge on any atom is 0.143 e. The summed E-state index contributed by atoms with van der Waals surface area (Å²) < 4.78 is 28.3. The van der Waals surface area contributed by atoms with Gasteiger partial charge in [0.25, 0.3) is 0 Å². The van der Waals surface area contributed by atoms with Crippen LogP contribution in [-0.2, 0) is 0 Å². The Labute approximate surface area is 115 Å². The molecule has 0 aromatic heterocycles. The van der Waals surface area contributed by atoms with Crippen molar-refractivity contribution in [1.82, 2.24) is 5.32 Å². The quantitative estimate of drug-likeness (QED) is 0.823. The molecule has 1 saturated carbocycles. The van der Waals surface area contributed by atoms with Crippen molar-refractivity contribution in [2.24, 2.45) is 5.92 Å². The minimum absolute atomic E-state index is 0.0356. The third-order valence-electron chi connectivity index (χ3n) is 3.97. The molecule has 1 aromatic carbocycles. The van der Waals surface area contributed by atoms with Gasteiger partial charge in [0.2, 0.25) is 0 Å². The van der Waals surface area contributed by atoms with Crippen LogP contribution in [0.1, 0.15) is 38.2 Å². The van der Waals surface area contributed by atoms with Crippen molar-refractivity contribution in [3.63, 3.8) is 0 Å². The van der Waals surface area contributed by atoms with Crippen LogP contribution in [0.4, 0.5) is 8.78 Å². The Hall–Kier alpha value is -0.480. The Morgan fingerprint density at radius 1 is 1.33 bits per heavy atom. The normalized spacial score (nSPS) is 27.7. The summed E-state index contributed by atoms with van der Waals surface area (Å²) in [6.45, 7) is 5.02. The summed E-state index contributed by atoms with van der Waals surface area (Å²) in [4.78, 5) is 0. The second-order valence-corrected chi connectivity index (χ2v) is 5.82. The molecule has 2 rings (SSSR count). The van der Waals surface area contributed by atoms with Crippen LogP contribution in [0.3, 0.4) is 0 Å². The van der Waals surface area contributed by atoms with Gasteiger partial charge in [-0.15, -0.1) is 0 Å². The molecule has 1 N–H and O–H groups in total. The fourth-order valence-electron chi connectivity index (χ4n) is 3.01. The van der Waals surface area contributed by atoms with E-state index in [-0.39, 0.29) is 17.4 Å². The molecule has 0 heterocycles. The van der Waals surface area contributed by atoms with E-state index in [0.29, 0.717) is 10.5 Å². The van der Waals surface area contributed by atoms with Gasteiger partial charge in [-0.2, -0.15) is 0 Å². The topological polar surface area (TPSA) is 12.0 Å². The molecule has 3 unspecified atom stereocenters. The standard InChI is InChI=1S/C14H18BrF2N/c1-3-18-12-7-4-9(8(12)2)13-11(16)6-5-10(15)14(13)17/h5-6,8-9,12,18H,3-4,7H2,1-2H3. The molecule has 1 fully saturated rings. The first-order valence-electron chi connectivity index (χ1n) is 6.43. The van der Waals surface area contributed by atoms with Gasteiger partial charge in [-0.3, -0.25) is 0 Å². The zero-order chi connectivity index (χ0) is 13.3. The highest BCUT2D eigenvalue weighted by Crippen LogP contribution is 2.42. The average molecular weight is 318 g/mol. The monoisotopic (exact) mass is 317 g/mol. The molecule has 1 nitrogen and oxygen atoms in total. The summed E-state index contributed by atoms with van der Waals surface area (Å²) in [5.74, 6) is -0.650. The largest absolute Gasteiger partial charge is 0.314 e. The zero-order valence-electron chi connectivity index (χ0n) is 10.6. The molecular weight excluding hydrogens is 300 g/mol. The predicted octanol–water partition coefficient (Wildman–Crippen LogP) is 4.22. The molecule has 0 spiro atoms. The minimum Gasteiger partial charge on any atom is -0.314 e. The summed E-state index contributed by atoms with van der Waals surface area (Å²) >= 11 is 3.14. The molecule has 1 aliphatic rings. The molecule has 1 aromatic rings. The molecule has 0 radical (unpaired) electrons. The first-order chi connectivity index (χ1) is 8.56. The van der Waals surface area contributed by atoms with Gasteiger partial charge in [-0.05, 0) is 59.3 Å². The van der Waals surface area contributed by atoms with Gasteiger partial charge < -0.3 is 5.32 Å². The van der Waals surface area contributed by atoms with Gasteiger partial charge in [0.1, 0.15) is 11.6 Å². The second-order valence-electron chi connectivity index (χ2n) is 4.96. The average Bonchev–Trinajstić information content (AvgIpc) is 2.68. The van der Waals surface area contributed by atoms with Gasteiger partial charge in [0, 0.05) is 11.6 Å². The van der Waals surface area contributed by atoms with Gasteiger partial charge in [-0.1, -0.05) is 13.8 Å². The highest BCUT2D eigenvalue weighted by Gasteiger charge is 2.36. The van der Waals surface area contributed by atoms with Crippen molar-refractivity contribution in [1.29, 1.82) is 0 Å². The lowest BCUT2D eigenvalue weighted by molar-refractivity contribution is 0.396. The summed E-state index contributed by atoms with van der Waals surface area (Å²) in [6.07, 6.45) is 1.81. The maximum absolute atomic E-state index is 14.1. The fourth-order valence-corrected chi connectivity index (χ4v) is 3.35. The van der Waals surface area contributed by atoms with Crippen LogP contribution in [0.5, 0.6) is 0 Å².